The van der Waals surface area contributed by atoms with E-state index in [1.54, 1.807) is 0 Å². The number of rotatable bonds is 6. The van der Waals surface area contributed by atoms with Gasteiger partial charge in [0.1, 0.15) is 0 Å². The predicted octanol–water partition coefficient (Wildman–Crippen LogP) is 2.61. The maximum Gasteiger partial charge on any atom is 0.0874 e. The molecular weight excluding hydrogens is 167 g/mol. The molecule has 0 aliphatic rings. The second-order valence-electron chi connectivity index (χ2n) is 4.35. The Labute approximate surface area is 77.2 Å². The molecule has 0 saturated carbocycles. The van der Waals surface area contributed by atoms with E-state index in [0.717, 1.165) is 25.4 Å². The molecular formula is C10H22OP+. The summed E-state index contributed by atoms with van der Waals surface area (Å²) in [6, 6.07) is 0. The Balaban J connectivity index is 3.46. The van der Waals surface area contributed by atoms with Crippen LogP contribution in [-0.2, 0) is 0 Å². The van der Waals surface area contributed by atoms with E-state index >= 15 is 0 Å². The molecule has 0 aromatic heterocycles. The molecule has 0 amide bonds. The Morgan fingerprint density at radius 3 is 2.42 bits per heavy atom. The third-order valence-electron chi connectivity index (χ3n) is 1.70. The molecule has 0 aromatic rings. The molecule has 72 valence electrons. The van der Waals surface area contributed by atoms with Gasteiger partial charge in [0.25, 0.3) is 0 Å². The summed E-state index contributed by atoms with van der Waals surface area (Å²) in [5, 5.41) is 9.60. The SMILES string of the molecule is C=CCCCC(O)C[P+](C)(C)C. The van der Waals surface area contributed by atoms with Crippen molar-refractivity contribution in [3.63, 3.8) is 0 Å². The molecule has 0 radical (unpaired) electrons. The molecule has 0 heterocycles. The van der Waals surface area contributed by atoms with Crippen LogP contribution in [0.4, 0.5) is 0 Å². The van der Waals surface area contributed by atoms with Crippen molar-refractivity contribution in [2.24, 2.45) is 0 Å². The highest BCUT2D eigenvalue weighted by Gasteiger charge is 2.21. The van der Waals surface area contributed by atoms with Gasteiger partial charge in [-0.1, -0.05) is 6.08 Å². The van der Waals surface area contributed by atoms with Gasteiger partial charge < -0.3 is 5.11 Å². The molecule has 2 heteroatoms. The lowest BCUT2D eigenvalue weighted by molar-refractivity contribution is 0.185. The van der Waals surface area contributed by atoms with Crippen LogP contribution in [-0.4, -0.2) is 37.4 Å². The third-order valence-corrected chi connectivity index (χ3v) is 3.22. The van der Waals surface area contributed by atoms with E-state index in [-0.39, 0.29) is 6.10 Å². The van der Waals surface area contributed by atoms with Crippen LogP contribution in [0, 0.1) is 0 Å². The fraction of sp³-hybridized carbons (Fsp3) is 0.800. The van der Waals surface area contributed by atoms with Crippen molar-refractivity contribution >= 4 is 7.26 Å². The van der Waals surface area contributed by atoms with E-state index in [2.05, 4.69) is 26.6 Å². The van der Waals surface area contributed by atoms with Gasteiger partial charge in [-0.15, -0.1) is 6.58 Å². The average molecular weight is 189 g/mol. The minimum Gasteiger partial charge on any atom is -0.389 e. The first-order valence-corrected chi connectivity index (χ1v) is 7.86. The summed E-state index contributed by atoms with van der Waals surface area (Å²) in [4.78, 5) is 0. The molecule has 0 fully saturated rings. The Morgan fingerprint density at radius 2 is 2.00 bits per heavy atom. The third kappa shape index (κ3) is 8.23. The highest BCUT2D eigenvalue weighted by molar-refractivity contribution is 7.73. The number of aliphatic hydroxyl groups is 1. The van der Waals surface area contributed by atoms with Crippen LogP contribution in [0.1, 0.15) is 19.3 Å². The molecule has 0 aliphatic heterocycles. The maximum absolute atomic E-state index is 9.60. The van der Waals surface area contributed by atoms with Gasteiger partial charge in [-0.2, -0.15) is 0 Å². The molecule has 1 nitrogen and oxygen atoms in total. The van der Waals surface area contributed by atoms with Crippen LogP contribution in [0.5, 0.6) is 0 Å². The number of allylic oxidation sites excluding steroid dienone is 1. The van der Waals surface area contributed by atoms with E-state index in [1.807, 2.05) is 6.08 Å². The minimum absolute atomic E-state index is 0.0849. The monoisotopic (exact) mass is 189 g/mol. The first-order valence-electron chi connectivity index (χ1n) is 4.55. The Morgan fingerprint density at radius 1 is 1.42 bits per heavy atom. The molecule has 0 rings (SSSR count). The lowest BCUT2D eigenvalue weighted by Crippen LogP contribution is -2.14. The molecule has 0 bridgehead atoms. The molecule has 0 aliphatic carbocycles. The fourth-order valence-electron chi connectivity index (χ4n) is 1.22. The molecule has 1 N–H and O–H groups in total. The lowest BCUT2D eigenvalue weighted by atomic mass is 10.2. The number of aliphatic hydroxyl groups excluding tert-OH is 1. The molecule has 1 atom stereocenters. The van der Waals surface area contributed by atoms with Crippen LogP contribution in [0.2, 0.25) is 0 Å². The summed E-state index contributed by atoms with van der Waals surface area (Å²) < 4.78 is 0. The van der Waals surface area contributed by atoms with Crippen molar-refractivity contribution < 1.29 is 5.11 Å². The molecule has 12 heavy (non-hydrogen) atoms. The normalized spacial score (nSPS) is 14.3. The fourth-order valence-corrected chi connectivity index (χ4v) is 2.67. The van der Waals surface area contributed by atoms with E-state index in [9.17, 15) is 5.11 Å². The topological polar surface area (TPSA) is 20.2 Å². The number of hydrogen-bond acceptors (Lipinski definition) is 1. The Hall–Kier alpha value is 0.130. The zero-order valence-electron chi connectivity index (χ0n) is 8.58. The predicted molar refractivity (Wildman–Crippen MR) is 59.6 cm³/mol. The minimum atomic E-state index is -0.796. The van der Waals surface area contributed by atoms with Crippen LogP contribution >= 0.6 is 7.26 Å². The van der Waals surface area contributed by atoms with Crippen LogP contribution in [0.25, 0.3) is 0 Å². The van der Waals surface area contributed by atoms with Crippen molar-refractivity contribution in [3.05, 3.63) is 12.7 Å². The second-order valence-corrected chi connectivity index (χ2v) is 9.29. The number of hydrogen-bond donors (Lipinski definition) is 1. The second kappa shape index (κ2) is 5.72. The lowest BCUT2D eigenvalue weighted by Gasteiger charge is -2.16. The Bertz CT molecular complexity index is 126. The first-order chi connectivity index (χ1) is 5.45. The van der Waals surface area contributed by atoms with Crippen molar-refractivity contribution in [2.75, 3.05) is 26.2 Å². The molecule has 1 unspecified atom stereocenters. The van der Waals surface area contributed by atoms with Crippen molar-refractivity contribution in [3.8, 4) is 0 Å². The van der Waals surface area contributed by atoms with Gasteiger partial charge in [-0.25, -0.2) is 0 Å². The highest BCUT2D eigenvalue weighted by Crippen LogP contribution is 2.47. The molecule has 0 saturated heterocycles. The van der Waals surface area contributed by atoms with E-state index in [4.69, 9.17) is 0 Å². The van der Waals surface area contributed by atoms with Gasteiger partial charge in [0.15, 0.2) is 0 Å². The summed E-state index contributed by atoms with van der Waals surface area (Å²) in [6.45, 7) is 10.5. The van der Waals surface area contributed by atoms with Crippen molar-refractivity contribution in [2.45, 2.75) is 25.4 Å². The van der Waals surface area contributed by atoms with Gasteiger partial charge in [0, 0.05) is 27.3 Å². The van der Waals surface area contributed by atoms with Crippen molar-refractivity contribution in [1.82, 2.24) is 0 Å². The number of unbranched alkanes of at least 4 members (excludes halogenated alkanes) is 1. The zero-order valence-corrected chi connectivity index (χ0v) is 9.48. The van der Waals surface area contributed by atoms with E-state index < -0.39 is 7.26 Å². The van der Waals surface area contributed by atoms with Crippen LogP contribution in [0.3, 0.4) is 0 Å². The smallest absolute Gasteiger partial charge is 0.0874 e. The maximum atomic E-state index is 9.60. The van der Waals surface area contributed by atoms with Gasteiger partial charge in [0.2, 0.25) is 0 Å². The Kier molecular flexibility index (Phi) is 5.78. The molecule has 0 spiro atoms. The quantitative estimate of drug-likeness (QED) is 0.387. The van der Waals surface area contributed by atoms with Crippen LogP contribution < -0.4 is 0 Å². The summed E-state index contributed by atoms with van der Waals surface area (Å²) in [5.74, 6) is 0. The van der Waals surface area contributed by atoms with Gasteiger partial charge in [-0.3, -0.25) is 0 Å². The van der Waals surface area contributed by atoms with Gasteiger partial charge >= 0.3 is 0 Å². The standard InChI is InChI=1S/C10H22OP/c1-5-6-7-8-10(11)9-12(2,3)4/h5,10-11H,1,6-9H2,2-4H3/q+1. The summed E-state index contributed by atoms with van der Waals surface area (Å²) in [6.07, 6.45) is 5.87. The first kappa shape index (κ1) is 12.1. The van der Waals surface area contributed by atoms with Crippen molar-refractivity contribution in [1.29, 1.82) is 0 Å². The van der Waals surface area contributed by atoms with Gasteiger partial charge in [-0.05, 0) is 19.3 Å². The summed E-state index contributed by atoms with van der Waals surface area (Å²) in [7, 11) is -0.796. The zero-order chi connectivity index (χ0) is 9.61. The highest BCUT2D eigenvalue weighted by atomic mass is 31.2. The molecule has 0 aromatic carbocycles. The van der Waals surface area contributed by atoms with E-state index in [0.29, 0.717) is 0 Å². The van der Waals surface area contributed by atoms with Gasteiger partial charge in [0.05, 0.1) is 12.3 Å². The summed E-state index contributed by atoms with van der Waals surface area (Å²) >= 11 is 0. The average Bonchev–Trinajstić information content (AvgIpc) is 1.84. The van der Waals surface area contributed by atoms with Crippen LogP contribution in [0.15, 0.2) is 12.7 Å². The summed E-state index contributed by atoms with van der Waals surface area (Å²) in [5.41, 5.74) is 0. The van der Waals surface area contributed by atoms with E-state index in [1.165, 1.54) is 0 Å². The largest absolute Gasteiger partial charge is 0.389 e.